The van der Waals surface area contributed by atoms with Crippen molar-refractivity contribution in [2.45, 2.75) is 33.4 Å². The van der Waals surface area contributed by atoms with E-state index in [0.29, 0.717) is 23.9 Å². The first kappa shape index (κ1) is 16.4. The number of carbonyl (C=O) groups is 2. The van der Waals surface area contributed by atoms with Gasteiger partial charge >= 0.3 is 12.0 Å². The standard InChI is InChI=1S/C12H19N3O4S/c1-4-19-7(2)5-13-12(18)14-6-9-15-8(3)10(20-9)11(16)17/h7H,4-6H2,1-3H3,(H,16,17)(H2,13,14,18). The smallest absolute Gasteiger partial charge is 0.347 e. The molecule has 2 amide bonds. The molecule has 0 spiro atoms. The molecule has 3 N–H and O–H groups in total. The second-order valence-corrected chi connectivity index (χ2v) is 5.24. The van der Waals surface area contributed by atoms with E-state index in [9.17, 15) is 9.59 Å². The summed E-state index contributed by atoms with van der Waals surface area (Å²) in [6.45, 7) is 6.60. The van der Waals surface area contributed by atoms with Crippen LogP contribution in [0.4, 0.5) is 4.79 Å². The molecule has 0 aliphatic rings. The Morgan fingerprint density at radius 1 is 1.45 bits per heavy atom. The zero-order valence-corrected chi connectivity index (χ0v) is 12.5. The highest BCUT2D eigenvalue weighted by Gasteiger charge is 2.14. The maximum Gasteiger partial charge on any atom is 0.347 e. The Hall–Kier alpha value is -1.67. The predicted octanol–water partition coefficient (Wildman–Crippen LogP) is 1.37. The third-order valence-corrected chi connectivity index (χ3v) is 3.58. The summed E-state index contributed by atoms with van der Waals surface area (Å²) in [6.07, 6.45) is -0.0496. The van der Waals surface area contributed by atoms with Crippen molar-refractivity contribution >= 4 is 23.3 Å². The van der Waals surface area contributed by atoms with Gasteiger partial charge in [0.15, 0.2) is 0 Å². The van der Waals surface area contributed by atoms with Crippen molar-refractivity contribution in [1.82, 2.24) is 15.6 Å². The zero-order valence-electron chi connectivity index (χ0n) is 11.7. The molecule has 1 aromatic heterocycles. The molecule has 0 aliphatic heterocycles. The van der Waals surface area contributed by atoms with E-state index in [1.165, 1.54) is 0 Å². The lowest BCUT2D eigenvalue weighted by Crippen LogP contribution is -2.39. The second kappa shape index (κ2) is 7.81. The SMILES string of the molecule is CCOC(C)CNC(=O)NCc1nc(C)c(C(=O)O)s1. The topological polar surface area (TPSA) is 101 Å². The van der Waals surface area contributed by atoms with Gasteiger partial charge in [0.1, 0.15) is 9.88 Å². The Labute approximate surface area is 121 Å². The van der Waals surface area contributed by atoms with Crippen LogP contribution in [0.25, 0.3) is 0 Å². The molecule has 1 aromatic rings. The summed E-state index contributed by atoms with van der Waals surface area (Å²) in [5, 5.41) is 14.8. The first-order valence-electron chi connectivity index (χ1n) is 6.27. The van der Waals surface area contributed by atoms with E-state index in [-0.39, 0.29) is 23.6 Å². The molecule has 0 aromatic carbocycles. The minimum absolute atomic E-state index is 0.0496. The summed E-state index contributed by atoms with van der Waals surface area (Å²) in [5.41, 5.74) is 0.463. The average molecular weight is 301 g/mol. The number of hydrogen-bond acceptors (Lipinski definition) is 5. The van der Waals surface area contributed by atoms with Crippen LogP contribution in [0.5, 0.6) is 0 Å². The fraction of sp³-hybridized carbons (Fsp3) is 0.583. The fourth-order valence-electron chi connectivity index (χ4n) is 1.52. The molecule has 0 radical (unpaired) electrons. The quantitative estimate of drug-likeness (QED) is 0.706. The third kappa shape index (κ3) is 5.14. The van der Waals surface area contributed by atoms with Crippen molar-refractivity contribution in [2.75, 3.05) is 13.2 Å². The van der Waals surface area contributed by atoms with Gasteiger partial charge in [-0.15, -0.1) is 11.3 Å². The molecule has 8 heteroatoms. The van der Waals surface area contributed by atoms with E-state index >= 15 is 0 Å². The van der Waals surface area contributed by atoms with E-state index in [0.717, 1.165) is 11.3 Å². The van der Waals surface area contributed by atoms with Gasteiger partial charge in [-0.25, -0.2) is 14.6 Å². The number of nitrogens with one attached hydrogen (secondary N) is 2. The van der Waals surface area contributed by atoms with Crippen LogP contribution in [0.1, 0.15) is 34.2 Å². The van der Waals surface area contributed by atoms with Crippen LogP contribution in [-0.2, 0) is 11.3 Å². The lowest BCUT2D eigenvalue weighted by atomic mass is 10.4. The van der Waals surface area contributed by atoms with E-state index < -0.39 is 5.97 Å². The van der Waals surface area contributed by atoms with Gasteiger partial charge in [-0.2, -0.15) is 0 Å². The Morgan fingerprint density at radius 2 is 2.15 bits per heavy atom. The maximum atomic E-state index is 11.5. The lowest BCUT2D eigenvalue weighted by Gasteiger charge is -2.12. The van der Waals surface area contributed by atoms with Crippen molar-refractivity contribution in [1.29, 1.82) is 0 Å². The number of carboxylic acid groups (broad SMARTS) is 1. The first-order valence-corrected chi connectivity index (χ1v) is 7.08. The Bertz CT molecular complexity index is 475. The molecule has 1 rings (SSSR count). The summed E-state index contributed by atoms with van der Waals surface area (Å²) in [5.74, 6) is -0.999. The van der Waals surface area contributed by atoms with Crippen LogP contribution in [0.3, 0.4) is 0 Å². The van der Waals surface area contributed by atoms with E-state index in [4.69, 9.17) is 9.84 Å². The van der Waals surface area contributed by atoms with E-state index in [1.807, 2.05) is 13.8 Å². The zero-order chi connectivity index (χ0) is 15.1. The highest BCUT2D eigenvalue weighted by molar-refractivity contribution is 7.13. The van der Waals surface area contributed by atoms with Gasteiger partial charge in [-0.3, -0.25) is 0 Å². The normalized spacial score (nSPS) is 11.9. The predicted molar refractivity (Wildman–Crippen MR) is 75.1 cm³/mol. The van der Waals surface area contributed by atoms with Gasteiger partial charge < -0.3 is 20.5 Å². The minimum atomic E-state index is -0.999. The molecule has 0 fully saturated rings. The molecule has 1 heterocycles. The van der Waals surface area contributed by atoms with Gasteiger partial charge in [0.2, 0.25) is 0 Å². The van der Waals surface area contributed by atoms with Gasteiger partial charge in [-0.1, -0.05) is 0 Å². The first-order chi connectivity index (χ1) is 9.43. The highest BCUT2D eigenvalue weighted by atomic mass is 32.1. The molecule has 0 saturated heterocycles. The fourth-order valence-corrected chi connectivity index (χ4v) is 2.37. The van der Waals surface area contributed by atoms with Gasteiger partial charge in [0, 0.05) is 13.2 Å². The summed E-state index contributed by atoms with van der Waals surface area (Å²) in [6, 6.07) is -0.332. The number of nitrogens with zero attached hydrogens (tertiary/aromatic N) is 1. The van der Waals surface area contributed by atoms with Gasteiger partial charge in [0.05, 0.1) is 18.3 Å². The third-order valence-electron chi connectivity index (χ3n) is 2.44. The monoisotopic (exact) mass is 301 g/mol. The van der Waals surface area contributed by atoms with Gasteiger partial charge in [0.25, 0.3) is 0 Å². The lowest BCUT2D eigenvalue weighted by molar-refractivity contribution is 0.0701. The van der Waals surface area contributed by atoms with Crippen molar-refractivity contribution in [3.05, 3.63) is 15.6 Å². The maximum absolute atomic E-state index is 11.5. The van der Waals surface area contributed by atoms with Crippen molar-refractivity contribution in [3.63, 3.8) is 0 Å². The molecule has 7 nitrogen and oxygen atoms in total. The Kier molecular flexibility index (Phi) is 6.40. The summed E-state index contributed by atoms with van der Waals surface area (Å²) in [4.78, 5) is 26.7. The van der Waals surface area contributed by atoms with Crippen LogP contribution < -0.4 is 10.6 Å². The van der Waals surface area contributed by atoms with Gasteiger partial charge in [-0.05, 0) is 20.8 Å². The number of aryl methyl sites for hydroxylation is 1. The second-order valence-electron chi connectivity index (χ2n) is 4.16. The molecule has 0 aliphatic carbocycles. The summed E-state index contributed by atoms with van der Waals surface area (Å²) < 4.78 is 5.28. The van der Waals surface area contributed by atoms with Crippen LogP contribution in [0.15, 0.2) is 0 Å². The Morgan fingerprint density at radius 3 is 2.70 bits per heavy atom. The summed E-state index contributed by atoms with van der Waals surface area (Å²) >= 11 is 1.06. The number of amides is 2. The number of thiazole rings is 1. The summed E-state index contributed by atoms with van der Waals surface area (Å²) in [7, 11) is 0. The average Bonchev–Trinajstić information content (AvgIpc) is 2.76. The molecule has 112 valence electrons. The molecule has 20 heavy (non-hydrogen) atoms. The molecule has 1 unspecified atom stereocenters. The number of hydrogen-bond donors (Lipinski definition) is 3. The minimum Gasteiger partial charge on any atom is -0.477 e. The number of aromatic nitrogens is 1. The molecular weight excluding hydrogens is 282 g/mol. The molecule has 0 bridgehead atoms. The van der Waals surface area contributed by atoms with Crippen LogP contribution in [0.2, 0.25) is 0 Å². The number of urea groups is 1. The number of ether oxygens (including phenoxy) is 1. The van der Waals surface area contributed by atoms with Crippen LogP contribution >= 0.6 is 11.3 Å². The molecular formula is C12H19N3O4S. The number of carbonyl (C=O) groups excluding carboxylic acids is 1. The number of aromatic carboxylic acids is 1. The molecule has 0 saturated carbocycles. The van der Waals surface area contributed by atoms with E-state index in [1.54, 1.807) is 6.92 Å². The van der Waals surface area contributed by atoms with Crippen LogP contribution in [-0.4, -0.2) is 41.3 Å². The molecule has 1 atom stereocenters. The number of carboxylic acids is 1. The number of rotatable bonds is 7. The van der Waals surface area contributed by atoms with Crippen molar-refractivity contribution < 1.29 is 19.4 Å². The van der Waals surface area contributed by atoms with Crippen molar-refractivity contribution in [2.24, 2.45) is 0 Å². The van der Waals surface area contributed by atoms with Crippen LogP contribution in [0, 0.1) is 6.92 Å². The Balaban J connectivity index is 2.37. The van der Waals surface area contributed by atoms with E-state index in [2.05, 4.69) is 15.6 Å². The largest absolute Gasteiger partial charge is 0.477 e. The highest BCUT2D eigenvalue weighted by Crippen LogP contribution is 2.17. The van der Waals surface area contributed by atoms with Crippen molar-refractivity contribution in [3.8, 4) is 0 Å².